The fraction of sp³-hybridized carbons (Fsp3) is 0.600. The van der Waals surface area contributed by atoms with Crippen LogP contribution in [0.25, 0.3) is 0 Å². The first kappa shape index (κ1) is 19.3. The van der Waals surface area contributed by atoms with Crippen molar-refractivity contribution < 1.29 is 21.9 Å². The van der Waals surface area contributed by atoms with Gasteiger partial charge in [-0.25, -0.2) is 16.8 Å². The first-order valence-corrected chi connectivity index (χ1v) is 10.9. The topological polar surface area (TPSA) is 118 Å². The van der Waals surface area contributed by atoms with E-state index in [4.69, 9.17) is 5.73 Å². The molecule has 0 saturated carbocycles. The van der Waals surface area contributed by atoms with E-state index in [0.29, 0.717) is 5.56 Å². The maximum Gasteiger partial charge on any atom is 0.243 e. The number of hydrogen-bond acceptors (Lipinski definition) is 6. The lowest BCUT2D eigenvalue weighted by molar-refractivity contribution is 0.129. The van der Waals surface area contributed by atoms with Crippen molar-refractivity contribution in [2.75, 3.05) is 24.6 Å². The highest BCUT2D eigenvalue weighted by Crippen LogP contribution is 2.28. The summed E-state index contributed by atoms with van der Waals surface area (Å²) in [5, 5.41) is 10.1. The summed E-state index contributed by atoms with van der Waals surface area (Å²) < 4.78 is 50.8. The Bertz CT molecular complexity index is 834. The van der Waals surface area contributed by atoms with E-state index in [0.717, 1.165) is 15.4 Å². The van der Waals surface area contributed by atoms with Crippen molar-refractivity contribution >= 4 is 19.9 Å². The number of aliphatic hydroxyl groups excluding tert-OH is 1. The molecule has 7 nitrogen and oxygen atoms in total. The molecule has 1 aromatic rings. The van der Waals surface area contributed by atoms with E-state index < -0.39 is 43.5 Å². The van der Waals surface area contributed by atoms with Crippen molar-refractivity contribution in [3.8, 4) is 0 Å². The van der Waals surface area contributed by atoms with E-state index in [1.54, 1.807) is 19.1 Å². The quantitative estimate of drug-likeness (QED) is 0.730. The standard InChI is InChI=1S/C15H24N2O5S2/c1-10-6-12(3)15(7-11(10)2)24(21,22)17(5-4-16)13-8-23(19,20)9-14(13)18/h6-7,13-14,18H,4-5,8-9,16H2,1-3H3/t13-,14-/m1/s1. The van der Waals surface area contributed by atoms with Crippen molar-refractivity contribution in [1.82, 2.24) is 4.31 Å². The number of nitrogens with zero attached hydrogens (tertiary/aromatic N) is 1. The van der Waals surface area contributed by atoms with Gasteiger partial charge in [0.05, 0.1) is 28.5 Å². The average molecular weight is 377 g/mol. The molecule has 1 heterocycles. The van der Waals surface area contributed by atoms with Gasteiger partial charge in [0.1, 0.15) is 0 Å². The van der Waals surface area contributed by atoms with E-state index in [-0.39, 0.29) is 18.0 Å². The largest absolute Gasteiger partial charge is 0.390 e. The Morgan fingerprint density at radius 1 is 1.17 bits per heavy atom. The van der Waals surface area contributed by atoms with Gasteiger partial charge in [-0.1, -0.05) is 6.07 Å². The van der Waals surface area contributed by atoms with Crippen LogP contribution in [0.5, 0.6) is 0 Å². The van der Waals surface area contributed by atoms with E-state index in [2.05, 4.69) is 0 Å². The molecule has 0 aromatic heterocycles. The Morgan fingerprint density at radius 2 is 1.75 bits per heavy atom. The molecule has 1 aromatic carbocycles. The van der Waals surface area contributed by atoms with Crippen LogP contribution in [0.2, 0.25) is 0 Å². The van der Waals surface area contributed by atoms with Crippen LogP contribution in [0.3, 0.4) is 0 Å². The number of aryl methyl sites for hydroxylation is 3. The Balaban J connectivity index is 2.53. The molecule has 24 heavy (non-hydrogen) atoms. The highest BCUT2D eigenvalue weighted by molar-refractivity contribution is 7.92. The summed E-state index contributed by atoms with van der Waals surface area (Å²) in [7, 11) is -7.44. The normalized spacial score (nSPS) is 23.8. The molecule has 1 saturated heterocycles. The van der Waals surface area contributed by atoms with Crippen LogP contribution in [0.15, 0.2) is 17.0 Å². The Morgan fingerprint density at radius 3 is 2.25 bits per heavy atom. The van der Waals surface area contributed by atoms with Gasteiger partial charge in [-0.3, -0.25) is 0 Å². The van der Waals surface area contributed by atoms with Crippen LogP contribution < -0.4 is 5.73 Å². The molecule has 136 valence electrons. The zero-order valence-corrected chi connectivity index (χ0v) is 15.7. The number of benzene rings is 1. The summed E-state index contributed by atoms with van der Waals surface area (Å²) in [5.41, 5.74) is 7.92. The summed E-state index contributed by atoms with van der Waals surface area (Å²) in [6.45, 7) is 5.39. The molecule has 0 bridgehead atoms. The number of nitrogens with two attached hydrogens (primary N) is 1. The fourth-order valence-electron chi connectivity index (χ4n) is 3.02. The third-order valence-electron chi connectivity index (χ3n) is 4.39. The van der Waals surface area contributed by atoms with Crippen molar-refractivity contribution in [2.24, 2.45) is 5.73 Å². The highest BCUT2D eigenvalue weighted by atomic mass is 32.2. The summed E-state index contributed by atoms with van der Waals surface area (Å²) in [6.07, 6.45) is -1.25. The smallest absolute Gasteiger partial charge is 0.243 e. The van der Waals surface area contributed by atoms with Crippen molar-refractivity contribution in [3.63, 3.8) is 0 Å². The number of rotatable bonds is 5. The molecule has 1 aliphatic heterocycles. The zero-order chi connectivity index (χ0) is 18.3. The highest BCUT2D eigenvalue weighted by Gasteiger charge is 2.44. The molecular weight excluding hydrogens is 352 g/mol. The van der Waals surface area contributed by atoms with Crippen LogP contribution in [-0.4, -0.2) is 63.0 Å². The van der Waals surface area contributed by atoms with E-state index in [9.17, 15) is 21.9 Å². The number of hydrogen-bond donors (Lipinski definition) is 2. The lowest BCUT2D eigenvalue weighted by atomic mass is 10.1. The van der Waals surface area contributed by atoms with Gasteiger partial charge >= 0.3 is 0 Å². The summed E-state index contributed by atoms with van der Waals surface area (Å²) >= 11 is 0. The minimum Gasteiger partial charge on any atom is -0.390 e. The van der Waals surface area contributed by atoms with Gasteiger partial charge in [-0.2, -0.15) is 4.31 Å². The molecular formula is C15H24N2O5S2. The van der Waals surface area contributed by atoms with Crippen LogP contribution in [0.1, 0.15) is 16.7 Å². The maximum absolute atomic E-state index is 13.1. The summed E-state index contributed by atoms with van der Waals surface area (Å²) in [5.74, 6) is -0.822. The third kappa shape index (κ3) is 3.65. The van der Waals surface area contributed by atoms with Crippen LogP contribution in [0, 0.1) is 20.8 Å². The molecule has 2 rings (SSSR count). The monoisotopic (exact) mass is 376 g/mol. The van der Waals surface area contributed by atoms with Gasteiger partial charge in [-0.05, 0) is 43.5 Å². The SMILES string of the molecule is Cc1cc(C)c(S(=O)(=O)N(CCN)[C@@H]2CS(=O)(=O)C[C@H]2O)cc1C. The fourth-order valence-corrected chi connectivity index (χ4v) is 6.87. The molecule has 0 aliphatic carbocycles. The van der Waals surface area contributed by atoms with Gasteiger partial charge in [0.25, 0.3) is 0 Å². The van der Waals surface area contributed by atoms with Crippen LogP contribution in [0.4, 0.5) is 0 Å². The second-order valence-corrected chi connectivity index (χ2v) is 10.3. The number of aliphatic hydroxyl groups is 1. The van der Waals surface area contributed by atoms with Crippen molar-refractivity contribution in [1.29, 1.82) is 0 Å². The molecule has 0 radical (unpaired) electrons. The van der Waals surface area contributed by atoms with Gasteiger partial charge < -0.3 is 10.8 Å². The number of sulfonamides is 1. The summed E-state index contributed by atoms with van der Waals surface area (Å²) in [6, 6.07) is 2.36. The van der Waals surface area contributed by atoms with Gasteiger partial charge in [0, 0.05) is 13.1 Å². The molecule has 2 atom stereocenters. The van der Waals surface area contributed by atoms with E-state index in [1.165, 1.54) is 0 Å². The van der Waals surface area contributed by atoms with Crippen LogP contribution >= 0.6 is 0 Å². The Hall–Kier alpha value is -1.00. The van der Waals surface area contributed by atoms with Crippen molar-refractivity contribution in [2.45, 2.75) is 37.8 Å². The predicted octanol–water partition coefficient (Wildman–Crippen LogP) is -0.281. The first-order chi connectivity index (χ1) is 11.0. The lowest BCUT2D eigenvalue weighted by Gasteiger charge is -2.29. The molecule has 3 N–H and O–H groups in total. The van der Waals surface area contributed by atoms with Gasteiger partial charge in [0.15, 0.2) is 9.84 Å². The second kappa shape index (κ2) is 6.72. The van der Waals surface area contributed by atoms with E-state index >= 15 is 0 Å². The molecule has 0 unspecified atom stereocenters. The lowest BCUT2D eigenvalue weighted by Crippen LogP contribution is -2.48. The summed E-state index contributed by atoms with van der Waals surface area (Å²) in [4.78, 5) is 0.121. The maximum atomic E-state index is 13.1. The van der Waals surface area contributed by atoms with Crippen LogP contribution in [-0.2, 0) is 19.9 Å². The minimum atomic E-state index is -3.97. The van der Waals surface area contributed by atoms with Gasteiger partial charge in [0.2, 0.25) is 10.0 Å². The number of sulfone groups is 1. The molecule has 1 fully saturated rings. The average Bonchev–Trinajstić information content (AvgIpc) is 2.72. The predicted molar refractivity (Wildman–Crippen MR) is 92.0 cm³/mol. The Labute approximate surface area is 143 Å². The Kier molecular flexibility index (Phi) is 5.41. The zero-order valence-electron chi connectivity index (χ0n) is 14.1. The molecule has 9 heteroatoms. The second-order valence-electron chi connectivity index (χ2n) is 6.32. The van der Waals surface area contributed by atoms with Gasteiger partial charge in [-0.15, -0.1) is 0 Å². The molecule has 0 spiro atoms. The first-order valence-electron chi connectivity index (χ1n) is 7.68. The minimum absolute atomic E-state index is 0.0341. The van der Waals surface area contributed by atoms with Crippen molar-refractivity contribution in [3.05, 3.63) is 28.8 Å². The molecule has 0 amide bonds. The third-order valence-corrected chi connectivity index (χ3v) is 8.16. The molecule has 1 aliphatic rings. The van der Waals surface area contributed by atoms with E-state index in [1.807, 2.05) is 13.8 Å².